The highest BCUT2D eigenvalue weighted by Crippen LogP contribution is 2.28. The van der Waals surface area contributed by atoms with E-state index in [1.165, 1.54) is 34.9 Å². The van der Waals surface area contributed by atoms with Crippen LogP contribution in [0.4, 0.5) is 5.69 Å². The fraction of sp³-hybridized carbons (Fsp3) is 0.156. The third-order valence-electron chi connectivity index (χ3n) is 7.16. The fourth-order valence-corrected chi connectivity index (χ4v) is 6.00. The average molecular weight is 572 g/mol. The molecular formula is C32H30ClN3O3S. The summed E-state index contributed by atoms with van der Waals surface area (Å²) in [5, 5.41) is 0.724. The number of hydrogen-bond donors (Lipinski definition) is 2. The fourth-order valence-electron chi connectivity index (χ4n) is 4.82. The van der Waals surface area contributed by atoms with Gasteiger partial charge in [-0.25, -0.2) is 13.1 Å². The van der Waals surface area contributed by atoms with Crippen molar-refractivity contribution in [3.05, 3.63) is 124 Å². The van der Waals surface area contributed by atoms with Gasteiger partial charge in [0.1, 0.15) is 0 Å². The second-order valence-corrected chi connectivity index (χ2v) is 12.0. The summed E-state index contributed by atoms with van der Waals surface area (Å²) in [6, 6.07) is 27.8. The zero-order valence-electron chi connectivity index (χ0n) is 22.1. The lowest BCUT2D eigenvalue weighted by molar-refractivity contribution is 0.0981. The number of benzene rings is 4. The number of aryl methyl sites for hydroxylation is 1. The van der Waals surface area contributed by atoms with E-state index in [0.717, 1.165) is 42.2 Å². The standard InChI is InChI=1S/C32H30ClN3O3S/c1-22-20-29(14-15-31(22)34)40(38,39)35-32(37)26-8-6-23(7-9-26)24-16-18-36(19-17-24)21-27-4-2-3-5-30(27)25-10-12-28(33)13-11-25/h2-16,20H,17-19,21,34H2,1H3,(H,35,37). The molecule has 0 aliphatic carbocycles. The zero-order chi connectivity index (χ0) is 28.3. The van der Waals surface area contributed by atoms with Gasteiger partial charge in [-0.2, -0.15) is 0 Å². The van der Waals surface area contributed by atoms with Gasteiger partial charge in [-0.3, -0.25) is 9.69 Å². The average Bonchev–Trinajstić information content (AvgIpc) is 2.95. The summed E-state index contributed by atoms with van der Waals surface area (Å²) >= 11 is 6.08. The molecule has 204 valence electrons. The molecule has 6 nitrogen and oxygen atoms in total. The third-order valence-corrected chi connectivity index (χ3v) is 8.74. The number of nitrogens with zero attached hydrogens (tertiary/aromatic N) is 1. The first-order valence-electron chi connectivity index (χ1n) is 13.0. The van der Waals surface area contributed by atoms with Gasteiger partial charge in [0.2, 0.25) is 0 Å². The van der Waals surface area contributed by atoms with E-state index in [9.17, 15) is 13.2 Å². The van der Waals surface area contributed by atoms with Crippen LogP contribution in [0.2, 0.25) is 5.02 Å². The molecule has 0 atom stereocenters. The van der Waals surface area contributed by atoms with Crippen LogP contribution in [0.1, 0.15) is 33.5 Å². The SMILES string of the molecule is Cc1cc(S(=O)(=O)NC(=O)c2ccc(C3=CCN(Cc4ccccc4-c4ccc(Cl)cc4)CC3)cc2)ccc1N. The third kappa shape index (κ3) is 6.28. The van der Waals surface area contributed by atoms with Crippen molar-refractivity contribution >= 4 is 38.8 Å². The van der Waals surface area contributed by atoms with Crippen LogP contribution in [0.15, 0.2) is 102 Å². The Labute approximate surface area is 240 Å². The van der Waals surface area contributed by atoms with Crippen LogP contribution in [0, 0.1) is 6.92 Å². The van der Waals surface area contributed by atoms with E-state index in [-0.39, 0.29) is 10.5 Å². The summed E-state index contributed by atoms with van der Waals surface area (Å²) in [6.07, 6.45) is 3.09. The molecule has 1 amide bonds. The first-order valence-corrected chi connectivity index (χ1v) is 14.8. The van der Waals surface area contributed by atoms with Crippen molar-refractivity contribution < 1.29 is 13.2 Å². The maximum absolute atomic E-state index is 12.7. The monoisotopic (exact) mass is 571 g/mol. The molecule has 0 unspecified atom stereocenters. The van der Waals surface area contributed by atoms with Crippen molar-refractivity contribution in [2.24, 2.45) is 0 Å². The van der Waals surface area contributed by atoms with E-state index < -0.39 is 15.9 Å². The summed E-state index contributed by atoms with van der Waals surface area (Å²) in [4.78, 5) is 15.1. The smallest absolute Gasteiger partial charge is 0.264 e. The summed E-state index contributed by atoms with van der Waals surface area (Å²) in [5.41, 5.74) is 13.0. The van der Waals surface area contributed by atoms with E-state index in [0.29, 0.717) is 11.3 Å². The van der Waals surface area contributed by atoms with Gasteiger partial charge in [-0.1, -0.05) is 66.2 Å². The van der Waals surface area contributed by atoms with Crippen LogP contribution in [0.25, 0.3) is 16.7 Å². The van der Waals surface area contributed by atoms with Crippen molar-refractivity contribution in [1.29, 1.82) is 0 Å². The molecule has 0 aromatic heterocycles. The molecule has 0 saturated heterocycles. The molecule has 0 radical (unpaired) electrons. The molecular weight excluding hydrogens is 542 g/mol. The van der Waals surface area contributed by atoms with Gasteiger partial charge in [0.15, 0.2) is 0 Å². The Hall–Kier alpha value is -3.91. The first kappa shape index (κ1) is 27.6. The van der Waals surface area contributed by atoms with Crippen LogP contribution in [-0.2, 0) is 16.6 Å². The van der Waals surface area contributed by atoms with E-state index in [4.69, 9.17) is 17.3 Å². The molecule has 0 saturated carbocycles. The minimum absolute atomic E-state index is 0.00289. The number of nitrogen functional groups attached to an aromatic ring is 1. The number of hydrogen-bond acceptors (Lipinski definition) is 5. The van der Waals surface area contributed by atoms with Gasteiger partial charge >= 0.3 is 0 Å². The second-order valence-electron chi connectivity index (χ2n) is 9.91. The number of carbonyl (C=O) groups excluding carboxylic acids is 1. The van der Waals surface area contributed by atoms with Gasteiger partial charge in [-0.15, -0.1) is 0 Å². The van der Waals surface area contributed by atoms with Gasteiger partial charge < -0.3 is 5.73 Å². The Balaban J connectivity index is 1.23. The summed E-state index contributed by atoms with van der Waals surface area (Å²) in [6.45, 7) is 4.27. The topological polar surface area (TPSA) is 92.5 Å². The molecule has 8 heteroatoms. The lowest BCUT2D eigenvalue weighted by Gasteiger charge is -2.27. The Bertz CT molecular complexity index is 1680. The van der Waals surface area contributed by atoms with Crippen molar-refractivity contribution in [2.45, 2.75) is 24.8 Å². The highest BCUT2D eigenvalue weighted by molar-refractivity contribution is 7.90. The van der Waals surface area contributed by atoms with Crippen LogP contribution in [0.5, 0.6) is 0 Å². The number of nitrogens with two attached hydrogens (primary N) is 1. The minimum atomic E-state index is -4.01. The van der Waals surface area contributed by atoms with Crippen LogP contribution < -0.4 is 10.5 Å². The van der Waals surface area contributed by atoms with Crippen LogP contribution in [0.3, 0.4) is 0 Å². The molecule has 1 aliphatic heterocycles. The maximum atomic E-state index is 12.7. The number of anilines is 1. The molecule has 5 rings (SSSR count). The van der Waals surface area contributed by atoms with Gasteiger partial charge in [0.05, 0.1) is 4.90 Å². The molecule has 1 aliphatic rings. The maximum Gasteiger partial charge on any atom is 0.264 e. The van der Waals surface area contributed by atoms with Crippen molar-refractivity contribution in [3.63, 3.8) is 0 Å². The summed E-state index contributed by atoms with van der Waals surface area (Å²) in [7, 11) is -4.01. The molecule has 4 aromatic carbocycles. The number of halogens is 1. The van der Waals surface area contributed by atoms with E-state index >= 15 is 0 Å². The summed E-state index contributed by atoms with van der Waals surface area (Å²) < 4.78 is 27.5. The quantitative estimate of drug-likeness (QED) is 0.254. The lowest BCUT2D eigenvalue weighted by atomic mass is 9.96. The van der Waals surface area contributed by atoms with Crippen molar-refractivity contribution in [1.82, 2.24) is 9.62 Å². The van der Waals surface area contributed by atoms with Gasteiger partial charge in [-0.05, 0) is 89.2 Å². The highest BCUT2D eigenvalue weighted by Gasteiger charge is 2.20. The number of amides is 1. The molecule has 0 spiro atoms. The second kappa shape index (κ2) is 11.7. The minimum Gasteiger partial charge on any atom is -0.399 e. The zero-order valence-corrected chi connectivity index (χ0v) is 23.7. The Morgan fingerprint density at radius 2 is 1.65 bits per heavy atom. The van der Waals surface area contributed by atoms with E-state index in [1.54, 1.807) is 19.1 Å². The number of nitrogens with one attached hydrogen (secondary N) is 1. The number of rotatable bonds is 7. The predicted octanol–water partition coefficient (Wildman–Crippen LogP) is 6.31. The Morgan fingerprint density at radius 3 is 2.33 bits per heavy atom. The van der Waals surface area contributed by atoms with Crippen LogP contribution in [-0.4, -0.2) is 32.3 Å². The highest BCUT2D eigenvalue weighted by atomic mass is 35.5. The Kier molecular flexibility index (Phi) is 8.07. The predicted molar refractivity (Wildman–Crippen MR) is 161 cm³/mol. The normalized spacial score (nSPS) is 14.0. The molecule has 3 N–H and O–H groups in total. The Morgan fingerprint density at radius 1 is 0.950 bits per heavy atom. The summed E-state index contributed by atoms with van der Waals surface area (Å²) in [5.74, 6) is -0.677. The number of carbonyl (C=O) groups is 1. The van der Waals surface area contributed by atoms with Gasteiger partial charge in [0, 0.05) is 35.9 Å². The van der Waals surface area contributed by atoms with E-state index in [1.807, 2.05) is 36.4 Å². The molecule has 0 bridgehead atoms. The van der Waals surface area contributed by atoms with Crippen molar-refractivity contribution in [2.75, 3.05) is 18.8 Å². The molecule has 1 heterocycles. The number of sulfonamides is 1. The molecule has 0 fully saturated rings. The van der Waals surface area contributed by atoms with Crippen LogP contribution >= 0.6 is 11.6 Å². The van der Waals surface area contributed by atoms with Gasteiger partial charge in [0.25, 0.3) is 15.9 Å². The molecule has 4 aromatic rings. The van der Waals surface area contributed by atoms with E-state index in [2.05, 4.69) is 40.0 Å². The first-order chi connectivity index (χ1) is 19.2. The molecule has 40 heavy (non-hydrogen) atoms. The largest absolute Gasteiger partial charge is 0.399 e. The lowest BCUT2D eigenvalue weighted by Crippen LogP contribution is -2.30. The van der Waals surface area contributed by atoms with Crippen molar-refractivity contribution in [3.8, 4) is 11.1 Å².